The Labute approximate surface area is 211 Å². The first-order valence-electron chi connectivity index (χ1n) is 12.6. The van der Waals surface area contributed by atoms with Gasteiger partial charge >= 0.3 is 0 Å². The first-order chi connectivity index (χ1) is 17.5. The summed E-state index contributed by atoms with van der Waals surface area (Å²) in [7, 11) is 1.50. The van der Waals surface area contributed by atoms with Crippen LogP contribution in [0, 0.1) is 0 Å². The minimum atomic E-state index is -0.836. The van der Waals surface area contributed by atoms with Crippen LogP contribution < -0.4 is 20.7 Å². The molecule has 36 heavy (non-hydrogen) atoms. The van der Waals surface area contributed by atoms with E-state index in [4.69, 9.17) is 9.47 Å². The van der Waals surface area contributed by atoms with Crippen LogP contribution in [-0.4, -0.2) is 62.8 Å². The van der Waals surface area contributed by atoms with E-state index in [-0.39, 0.29) is 42.4 Å². The van der Waals surface area contributed by atoms with E-state index in [1.54, 1.807) is 12.1 Å². The van der Waals surface area contributed by atoms with Crippen LogP contribution in [0.5, 0.6) is 5.75 Å². The highest BCUT2D eigenvalue weighted by molar-refractivity contribution is 6.07. The Kier molecular flexibility index (Phi) is 13.2. The Morgan fingerprint density at radius 1 is 1.06 bits per heavy atom. The minimum Gasteiger partial charge on any atom is -0.493 e. The molecule has 1 aromatic carbocycles. The number of carbonyl (C=O) groups is 5. The van der Waals surface area contributed by atoms with E-state index in [9.17, 15) is 24.0 Å². The van der Waals surface area contributed by atoms with Gasteiger partial charge in [0.1, 0.15) is 18.4 Å². The monoisotopic (exact) mass is 503 g/mol. The molecule has 1 aliphatic heterocycles. The van der Waals surface area contributed by atoms with Gasteiger partial charge in [-0.15, -0.1) is 0 Å². The lowest BCUT2D eigenvalue weighted by Crippen LogP contribution is -2.52. The molecule has 2 rings (SSSR count). The van der Waals surface area contributed by atoms with Gasteiger partial charge in [-0.1, -0.05) is 50.7 Å². The Morgan fingerprint density at radius 2 is 1.75 bits per heavy atom. The van der Waals surface area contributed by atoms with Crippen molar-refractivity contribution in [3.8, 4) is 5.75 Å². The number of hydrogen-bond donors (Lipinski definition) is 3. The van der Waals surface area contributed by atoms with Crippen molar-refractivity contribution >= 4 is 29.9 Å². The van der Waals surface area contributed by atoms with Crippen molar-refractivity contribution in [2.45, 2.75) is 70.3 Å². The molecule has 0 aliphatic carbocycles. The molecular weight excluding hydrogens is 466 g/mol. The molecule has 10 nitrogen and oxygen atoms in total. The maximum atomic E-state index is 12.9. The molecule has 0 radical (unpaired) electrons. The molecule has 198 valence electrons. The molecule has 0 saturated carbocycles. The van der Waals surface area contributed by atoms with Gasteiger partial charge in [0.25, 0.3) is 5.91 Å². The van der Waals surface area contributed by atoms with Crippen LogP contribution in [0.4, 0.5) is 0 Å². The highest BCUT2D eigenvalue weighted by Crippen LogP contribution is 2.23. The van der Waals surface area contributed by atoms with Gasteiger partial charge in [0.2, 0.25) is 17.7 Å². The maximum Gasteiger partial charge on any atom is 0.256 e. The van der Waals surface area contributed by atoms with Gasteiger partial charge in [-0.3, -0.25) is 29.3 Å². The number of rotatable bonds is 17. The van der Waals surface area contributed by atoms with Gasteiger partial charge in [-0.05, 0) is 25.3 Å². The van der Waals surface area contributed by atoms with Crippen molar-refractivity contribution in [1.29, 1.82) is 0 Å². The van der Waals surface area contributed by atoms with Crippen LogP contribution in [0.15, 0.2) is 18.2 Å². The second kappa shape index (κ2) is 16.4. The number of imide groups is 1. The molecule has 0 spiro atoms. The van der Waals surface area contributed by atoms with Crippen molar-refractivity contribution in [2.75, 3.05) is 26.9 Å². The Bertz CT molecular complexity index is 904. The van der Waals surface area contributed by atoms with Crippen molar-refractivity contribution in [2.24, 2.45) is 0 Å². The summed E-state index contributed by atoms with van der Waals surface area (Å²) in [6.07, 6.45) is 9.23. The highest BCUT2D eigenvalue weighted by Gasteiger charge is 2.29. The lowest BCUT2D eigenvalue weighted by Gasteiger charge is -2.22. The number of carbonyl (C=O) groups excluding carboxylic acids is 5. The maximum absolute atomic E-state index is 12.9. The van der Waals surface area contributed by atoms with Crippen LogP contribution >= 0.6 is 0 Å². The fraction of sp³-hybridized carbons (Fsp3) is 0.577. The smallest absolute Gasteiger partial charge is 0.256 e. The van der Waals surface area contributed by atoms with Crippen LogP contribution in [0.1, 0.15) is 84.9 Å². The average Bonchev–Trinajstić information content (AvgIpc) is 2.86. The Hall–Kier alpha value is -3.27. The first-order valence-corrected chi connectivity index (χ1v) is 12.6. The predicted molar refractivity (Wildman–Crippen MR) is 133 cm³/mol. The Balaban J connectivity index is 1.67. The van der Waals surface area contributed by atoms with E-state index >= 15 is 0 Å². The predicted octanol–water partition coefficient (Wildman–Crippen LogP) is 2.30. The summed E-state index contributed by atoms with van der Waals surface area (Å²) in [5, 5.41) is 7.62. The fourth-order valence-electron chi connectivity index (χ4n) is 3.95. The molecule has 0 bridgehead atoms. The molecule has 1 heterocycles. The van der Waals surface area contributed by atoms with Crippen LogP contribution in [0.25, 0.3) is 0 Å². The summed E-state index contributed by atoms with van der Waals surface area (Å²) in [6.45, 7) is 1.18. The number of ether oxygens (including phenoxy) is 2. The largest absolute Gasteiger partial charge is 0.493 e. The zero-order valence-electron chi connectivity index (χ0n) is 20.9. The topological polar surface area (TPSA) is 140 Å². The molecule has 1 atom stereocenters. The lowest BCUT2D eigenvalue weighted by molar-refractivity contribution is -0.134. The number of benzene rings is 1. The van der Waals surface area contributed by atoms with E-state index in [1.807, 2.05) is 0 Å². The number of aldehydes is 1. The summed E-state index contributed by atoms with van der Waals surface area (Å²) in [6, 6.07) is 3.96. The second-order valence-corrected chi connectivity index (χ2v) is 8.78. The molecule has 1 fully saturated rings. The van der Waals surface area contributed by atoms with Gasteiger partial charge in [0.05, 0.1) is 12.2 Å². The summed E-state index contributed by atoms with van der Waals surface area (Å²) < 4.78 is 10.6. The molecule has 1 aromatic rings. The van der Waals surface area contributed by atoms with Gasteiger partial charge in [0.15, 0.2) is 6.29 Å². The molecule has 1 unspecified atom stereocenters. The summed E-state index contributed by atoms with van der Waals surface area (Å²) in [5.41, 5.74) is 0.270. The van der Waals surface area contributed by atoms with E-state index < -0.39 is 17.9 Å². The van der Waals surface area contributed by atoms with Gasteiger partial charge in [-0.2, -0.15) is 0 Å². The summed E-state index contributed by atoms with van der Waals surface area (Å²) in [5.74, 6) is -1.30. The van der Waals surface area contributed by atoms with Crippen molar-refractivity contribution < 1.29 is 33.4 Å². The summed E-state index contributed by atoms with van der Waals surface area (Å²) in [4.78, 5) is 59.0. The molecule has 1 aliphatic rings. The van der Waals surface area contributed by atoms with Gasteiger partial charge in [-0.25, -0.2) is 0 Å². The van der Waals surface area contributed by atoms with Crippen molar-refractivity contribution in [3.63, 3.8) is 0 Å². The highest BCUT2D eigenvalue weighted by atomic mass is 16.5. The average molecular weight is 504 g/mol. The van der Waals surface area contributed by atoms with E-state index in [2.05, 4.69) is 16.0 Å². The van der Waals surface area contributed by atoms with Crippen LogP contribution in [0.3, 0.4) is 0 Å². The van der Waals surface area contributed by atoms with Gasteiger partial charge < -0.3 is 20.1 Å². The molecule has 4 amide bonds. The fourth-order valence-corrected chi connectivity index (χ4v) is 3.95. The molecule has 10 heteroatoms. The summed E-state index contributed by atoms with van der Waals surface area (Å²) >= 11 is 0. The normalized spacial score (nSPS) is 15.2. The van der Waals surface area contributed by atoms with E-state index in [1.165, 1.54) is 13.2 Å². The van der Waals surface area contributed by atoms with E-state index in [0.717, 1.165) is 51.4 Å². The number of methoxy groups -OCH3 is 1. The SMILES string of the molecule is COCC(=O)NCCCCCCCCCCOc1cccc(C=O)c1C(=O)NC1CCC(=O)NC1=O. The zero-order chi connectivity index (χ0) is 26.2. The quantitative estimate of drug-likeness (QED) is 0.168. The third-order valence-electron chi connectivity index (χ3n) is 5.88. The molecule has 1 saturated heterocycles. The number of nitrogens with one attached hydrogen (secondary N) is 3. The van der Waals surface area contributed by atoms with Crippen molar-refractivity contribution in [3.05, 3.63) is 29.3 Å². The zero-order valence-corrected chi connectivity index (χ0v) is 20.9. The number of piperidine rings is 1. The van der Waals surface area contributed by atoms with Crippen LogP contribution in [0.2, 0.25) is 0 Å². The minimum absolute atomic E-state index is 0.0836. The van der Waals surface area contributed by atoms with Crippen LogP contribution in [-0.2, 0) is 19.1 Å². The molecule has 3 N–H and O–H groups in total. The lowest BCUT2D eigenvalue weighted by atomic mass is 10.0. The third kappa shape index (κ3) is 10.2. The third-order valence-corrected chi connectivity index (χ3v) is 5.88. The van der Waals surface area contributed by atoms with Gasteiger partial charge in [0, 0.05) is 25.6 Å². The van der Waals surface area contributed by atoms with Crippen molar-refractivity contribution in [1.82, 2.24) is 16.0 Å². The standard InChI is InChI=1S/C26H37N3O7/c1-35-18-23(32)27-15-8-6-4-2-3-5-7-9-16-36-21-12-10-11-19(17-30)24(21)26(34)28-20-13-14-22(31)29-25(20)33/h10-12,17,20H,2-9,13-16,18H2,1H3,(H,27,32)(H,28,34)(H,29,31,33). The number of hydrogen-bond acceptors (Lipinski definition) is 7. The first kappa shape index (κ1) is 29.0. The number of amides is 4. The molecule has 0 aromatic heterocycles. The second-order valence-electron chi connectivity index (χ2n) is 8.78. The Morgan fingerprint density at radius 3 is 2.42 bits per heavy atom. The number of unbranched alkanes of at least 4 members (excludes halogenated alkanes) is 7. The molecular formula is C26H37N3O7. The van der Waals surface area contributed by atoms with E-state index in [0.29, 0.717) is 25.2 Å².